The Hall–Kier alpha value is -1.95. The zero-order chi connectivity index (χ0) is 19.6. The van der Waals surface area contributed by atoms with E-state index in [4.69, 9.17) is 32.7 Å². The van der Waals surface area contributed by atoms with Crippen molar-refractivity contribution in [1.29, 1.82) is 0 Å². The summed E-state index contributed by atoms with van der Waals surface area (Å²) in [7, 11) is 3.26. The highest BCUT2D eigenvalue weighted by Crippen LogP contribution is 2.31. The molecular formula is C20H23Cl2N2O3+. The summed E-state index contributed by atoms with van der Waals surface area (Å²) in [5, 5.41) is 3.89. The highest BCUT2D eigenvalue weighted by Gasteiger charge is 2.30. The highest BCUT2D eigenvalue weighted by molar-refractivity contribution is 6.35. The van der Waals surface area contributed by atoms with Crippen molar-refractivity contribution in [2.75, 3.05) is 26.1 Å². The van der Waals surface area contributed by atoms with E-state index in [0.29, 0.717) is 21.5 Å². The summed E-state index contributed by atoms with van der Waals surface area (Å²) in [6, 6.07) is 8.83. The van der Waals surface area contributed by atoms with Crippen molar-refractivity contribution in [3.63, 3.8) is 0 Å². The first-order valence-corrected chi connectivity index (χ1v) is 9.52. The normalized spacial score (nSPS) is 17.0. The summed E-state index contributed by atoms with van der Waals surface area (Å²) < 4.78 is 10.8. The number of amides is 1. The minimum absolute atomic E-state index is 0.0851. The van der Waals surface area contributed by atoms with E-state index < -0.39 is 0 Å². The van der Waals surface area contributed by atoms with E-state index in [1.807, 2.05) is 19.1 Å². The summed E-state index contributed by atoms with van der Waals surface area (Å²) in [5.74, 6) is 1.36. The fourth-order valence-electron chi connectivity index (χ4n) is 3.38. The average molecular weight is 410 g/mol. The van der Waals surface area contributed by atoms with Crippen LogP contribution in [0.3, 0.4) is 0 Å². The topological polar surface area (TPSA) is 52.0 Å². The van der Waals surface area contributed by atoms with Gasteiger partial charge in [0, 0.05) is 17.0 Å². The molecule has 2 atom stereocenters. The first kappa shape index (κ1) is 19.8. The van der Waals surface area contributed by atoms with Gasteiger partial charge in [-0.05, 0) is 42.8 Å². The third kappa shape index (κ3) is 4.32. The molecule has 0 saturated carbocycles. The van der Waals surface area contributed by atoms with Gasteiger partial charge in [0.25, 0.3) is 5.91 Å². The number of rotatable bonds is 5. The Morgan fingerprint density at radius 2 is 1.78 bits per heavy atom. The van der Waals surface area contributed by atoms with E-state index in [9.17, 15) is 4.79 Å². The van der Waals surface area contributed by atoms with Gasteiger partial charge in [-0.1, -0.05) is 23.2 Å². The van der Waals surface area contributed by atoms with Crippen molar-refractivity contribution < 1.29 is 19.2 Å². The second-order valence-corrected chi connectivity index (χ2v) is 7.49. The molecule has 0 radical (unpaired) electrons. The van der Waals surface area contributed by atoms with E-state index >= 15 is 0 Å². The molecule has 0 bridgehead atoms. The van der Waals surface area contributed by atoms with Crippen molar-refractivity contribution in [2.45, 2.75) is 25.9 Å². The van der Waals surface area contributed by atoms with Crippen molar-refractivity contribution in [3.05, 3.63) is 51.5 Å². The van der Waals surface area contributed by atoms with Gasteiger partial charge < -0.3 is 19.7 Å². The van der Waals surface area contributed by atoms with Crippen LogP contribution in [0.15, 0.2) is 30.3 Å². The predicted molar refractivity (Wildman–Crippen MR) is 107 cm³/mol. The van der Waals surface area contributed by atoms with Crippen molar-refractivity contribution >= 4 is 34.8 Å². The standard InChI is InChI=1S/C20H22Cl2N2O3/c1-12(20(25)23-17-10-15(21)4-5-16(17)22)24-7-6-13-8-18(26-2)19(27-3)9-14(13)11-24/h4-5,8-10,12H,6-7,11H2,1-3H3,(H,23,25)/p+1/t12-/m0/s1. The highest BCUT2D eigenvalue weighted by atomic mass is 35.5. The molecule has 0 saturated heterocycles. The Morgan fingerprint density at radius 3 is 2.44 bits per heavy atom. The molecular weight excluding hydrogens is 387 g/mol. The van der Waals surface area contributed by atoms with Gasteiger partial charge in [0.15, 0.2) is 17.5 Å². The zero-order valence-electron chi connectivity index (χ0n) is 15.6. The number of halogens is 2. The molecule has 2 aromatic rings. The Morgan fingerprint density at radius 1 is 1.11 bits per heavy atom. The number of carbonyl (C=O) groups excluding carboxylic acids is 1. The van der Waals surface area contributed by atoms with Crippen molar-refractivity contribution in [1.82, 2.24) is 0 Å². The monoisotopic (exact) mass is 409 g/mol. The fraction of sp³-hybridized carbons (Fsp3) is 0.350. The average Bonchev–Trinajstić information content (AvgIpc) is 2.68. The number of nitrogens with one attached hydrogen (secondary N) is 2. The first-order valence-electron chi connectivity index (χ1n) is 8.77. The SMILES string of the molecule is COc1cc2c(cc1OC)C[NH+]([C@@H](C)C(=O)Nc1cc(Cl)ccc1Cl)CC2. The summed E-state index contributed by atoms with van der Waals surface area (Å²) in [6.07, 6.45) is 0.876. The number of anilines is 1. The minimum Gasteiger partial charge on any atom is -0.493 e. The third-order valence-corrected chi connectivity index (χ3v) is 5.60. The molecule has 0 fully saturated rings. The lowest BCUT2D eigenvalue weighted by Crippen LogP contribution is -3.16. The molecule has 1 heterocycles. The summed E-state index contributed by atoms with van der Waals surface area (Å²) >= 11 is 12.2. The number of hydrogen-bond donors (Lipinski definition) is 2. The lowest BCUT2D eigenvalue weighted by molar-refractivity contribution is -0.929. The van der Waals surface area contributed by atoms with Gasteiger partial charge in [-0.15, -0.1) is 0 Å². The molecule has 144 valence electrons. The van der Waals surface area contributed by atoms with E-state index in [1.165, 1.54) is 16.0 Å². The smallest absolute Gasteiger partial charge is 0.282 e. The molecule has 0 spiro atoms. The van der Waals surface area contributed by atoms with Gasteiger partial charge in [0.2, 0.25) is 0 Å². The summed E-state index contributed by atoms with van der Waals surface area (Å²) in [5.41, 5.74) is 2.94. The van der Waals surface area contributed by atoms with Crippen LogP contribution in [0.2, 0.25) is 10.0 Å². The molecule has 7 heteroatoms. The van der Waals surface area contributed by atoms with Gasteiger partial charge in [-0.25, -0.2) is 0 Å². The number of benzene rings is 2. The number of carbonyl (C=O) groups is 1. The molecule has 27 heavy (non-hydrogen) atoms. The molecule has 2 aromatic carbocycles. The Kier molecular flexibility index (Phi) is 6.15. The maximum Gasteiger partial charge on any atom is 0.282 e. The van der Waals surface area contributed by atoms with Crippen LogP contribution in [-0.2, 0) is 17.8 Å². The molecule has 0 aliphatic carbocycles. The van der Waals surface area contributed by atoms with Crippen LogP contribution in [0.4, 0.5) is 5.69 Å². The van der Waals surface area contributed by atoms with Gasteiger partial charge in [-0.2, -0.15) is 0 Å². The van der Waals surface area contributed by atoms with Gasteiger partial charge in [-0.3, -0.25) is 4.79 Å². The molecule has 2 N–H and O–H groups in total. The predicted octanol–water partition coefficient (Wildman–Crippen LogP) is 2.98. The minimum atomic E-state index is -0.235. The molecule has 1 aliphatic heterocycles. The molecule has 3 rings (SSSR count). The van der Waals surface area contributed by atoms with Crippen LogP contribution in [0, 0.1) is 0 Å². The van der Waals surface area contributed by atoms with Crippen LogP contribution in [0.25, 0.3) is 0 Å². The number of quaternary nitrogens is 1. The van der Waals surface area contributed by atoms with Crippen LogP contribution in [-0.4, -0.2) is 32.7 Å². The second kappa shape index (κ2) is 8.38. The zero-order valence-corrected chi connectivity index (χ0v) is 17.1. The van der Waals surface area contributed by atoms with Gasteiger partial charge >= 0.3 is 0 Å². The second-order valence-electron chi connectivity index (χ2n) is 6.65. The van der Waals surface area contributed by atoms with Crippen LogP contribution < -0.4 is 19.7 Å². The van der Waals surface area contributed by atoms with Gasteiger partial charge in [0.1, 0.15) is 6.54 Å². The molecule has 1 aliphatic rings. The van der Waals surface area contributed by atoms with Gasteiger partial charge in [0.05, 0.1) is 31.5 Å². The summed E-state index contributed by atoms with van der Waals surface area (Å²) in [6.45, 7) is 3.53. The largest absolute Gasteiger partial charge is 0.493 e. The molecule has 1 amide bonds. The molecule has 1 unspecified atom stereocenters. The van der Waals surface area contributed by atoms with Crippen LogP contribution >= 0.6 is 23.2 Å². The lowest BCUT2D eigenvalue weighted by atomic mass is 9.97. The lowest BCUT2D eigenvalue weighted by Gasteiger charge is -2.30. The Bertz CT molecular complexity index is 857. The first-order chi connectivity index (χ1) is 12.9. The maximum absolute atomic E-state index is 12.7. The molecule has 0 aromatic heterocycles. The number of ether oxygens (including phenoxy) is 2. The van der Waals surface area contributed by atoms with Crippen LogP contribution in [0.5, 0.6) is 11.5 Å². The quantitative estimate of drug-likeness (QED) is 0.797. The third-order valence-electron chi connectivity index (χ3n) is 5.03. The van der Waals surface area contributed by atoms with Crippen molar-refractivity contribution in [2.24, 2.45) is 0 Å². The van der Waals surface area contributed by atoms with E-state index in [0.717, 1.165) is 25.3 Å². The van der Waals surface area contributed by atoms with E-state index in [1.54, 1.807) is 32.4 Å². The number of fused-ring (bicyclic) bond motifs is 1. The Labute approximate surface area is 169 Å². The van der Waals surface area contributed by atoms with E-state index in [-0.39, 0.29) is 11.9 Å². The maximum atomic E-state index is 12.7. The summed E-state index contributed by atoms with van der Waals surface area (Å²) in [4.78, 5) is 13.9. The number of methoxy groups -OCH3 is 2. The van der Waals surface area contributed by atoms with E-state index in [2.05, 4.69) is 5.32 Å². The number of hydrogen-bond acceptors (Lipinski definition) is 3. The van der Waals surface area contributed by atoms with Crippen LogP contribution in [0.1, 0.15) is 18.1 Å². The Balaban J connectivity index is 1.74. The van der Waals surface area contributed by atoms with Crippen molar-refractivity contribution in [3.8, 4) is 11.5 Å². The fourth-order valence-corrected chi connectivity index (χ4v) is 3.71. The molecule has 5 nitrogen and oxygen atoms in total.